The molecular formula is C20H25NO4. The third-order valence-corrected chi connectivity index (χ3v) is 4.00. The summed E-state index contributed by atoms with van der Waals surface area (Å²) in [6.07, 6.45) is 1.39. The van der Waals surface area contributed by atoms with E-state index < -0.39 is 11.5 Å². The van der Waals surface area contributed by atoms with Crippen LogP contribution < -0.4 is 10.1 Å². The van der Waals surface area contributed by atoms with E-state index in [1.807, 2.05) is 56.3 Å². The van der Waals surface area contributed by atoms with Crippen LogP contribution in [-0.2, 0) is 9.59 Å². The van der Waals surface area contributed by atoms with Gasteiger partial charge in [0.25, 0.3) is 0 Å². The van der Waals surface area contributed by atoms with Crippen LogP contribution in [0.15, 0.2) is 42.5 Å². The standard InChI is InChI=1S/C20H25NO4/c1-20(2,13-12-19(23)24)21-18(22)11-6-14-25-17-10-5-8-15-7-3-4-9-16(15)17/h3-5,7-10H,6,11-14H2,1-2H3,(H,21,22)(H,23,24). The molecule has 0 unspecified atom stereocenters. The molecule has 0 fully saturated rings. The minimum atomic E-state index is -0.856. The van der Waals surface area contributed by atoms with Gasteiger partial charge in [0, 0.05) is 23.8 Å². The lowest BCUT2D eigenvalue weighted by molar-refractivity contribution is -0.137. The first-order valence-corrected chi connectivity index (χ1v) is 8.51. The van der Waals surface area contributed by atoms with Crippen molar-refractivity contribution in [3.05, 3.63) is 42.5 Å². The highest BCUT2D eigenvalue weighted by Crippen LogP contribution is 2.25. The fourth-order valence-corrected chi connectivity index (χ4v) is 2.66. The molecule has 0 saturated carbocycles. The van der Waals surface area contributed by atoms with Crippen molar-refractivity contribution in [1.82, 2.24) is 5.32 Å². The monoisotopic (exact) mass is 343 g/mol. The number of fused-ring (bicyclic) bond motifs is 1. The van der Waals surface area contributed by atoms with Gasteiger partial charge in [0.15, 0.2) is 0 Å². The number of carbonyl (C=O) groups is 2. The normalized spacial score (nSPS) is 11.3. The molecule has 25 heavy (non-hydrogen) atoms. The minimum absolute atomic E-state index is 0.0392. The van der Waals surface area contributed by atoms with E-state index in [2.05, 4.69) is 5.32 Å². The fraction of sp³-hybridized carbons (Fsp3) is 0.400. The zero-order chi connectivity index (χ0) is 18.3. The maximum absolute atomic E-state index is 12.0. The number of carboxylic acid groups (broad SMARTS) is 1. The number of hydrogen-bond donors (Lipinski definition) is 2. The molecule has 2 aromatic carbocycles. The summed E-state index contributed by atoms with van der Waals surface area (Å²) < 4.78 is 5.82. The number of carboxylic acids is 1. The Labute approximate surface area is 148 Å². The second kappa shape index (κ2) is 8.51. The number of amides is 1. The Morgan fingerprint density at radius 2 is 1.80 bits per heavy atom. The first-order valence-electron chi connectivity index (χ1n) is 8.51. The van der Waals surface area contributed by atoms with Crippen LogP contribution in [0, 0.1) is 0 Å². The topological polar surface area (TPSA) is 75.6 Å². The lowest BCUT2D eigenvalue weighted by Gasteiger charge is -2.25. The number of nitrogens with one attached hydrogen (secondary N) is 1. The first-order chi connectivity index (χ1) is 11.9. The number of aliphatic carboxylic acids is 1. The van der Waals surface area contributed by atoms with Crippen molar-refractivity contribution >= 4 is 22.6 Å². The first kappa shape index (κ1) is 18.8. The molecule has 2 aromatic rings. The quantitative estimate of drug-likeness (QED) is 0.680. The van der Waals surface area contributed by atoms with Gasteiger partial charge in [0.2, 0.25) is 5.91 Å². The summed E-state index contributed by atoms with van der Waals surface area (Å²) in [6.45, 7) is 4.12. The van der Waals surface area contributed by atoms with Crippen LogP contribution >= 0.6 is 0 Å². The van der Waals surface area contributed by atoms with E-state index in [0.29, 0.717) is 25.9 Å². The molecule has 0 aromatic heterocycles. The number of rotatable bonds is 9. The molecule has 0 radical (unpaired) electrons. The van der Waals surface area contributed by atoms with E-state index in [-0.39, 0.29) is 12.3 Å². The van der Waals surface area contributed by atoms with Crippen LogP contribution in [0.4, 0.5) is 0 Å². The van der Waals surface area contributed by atoms with Gasteiger partial charge >= 0.3 is 5.97 Å². The van der Waals surface area contributed by atoms with E-state index in [1.165, 1.54) is 0 Å². The molecule has 0 aliphatic rings. The average molecular weight is 343 g/mol. The average Bonchev–Trinajstić information content (AvgIpc) is 2.57. The predicted octanol–water partition coefficient (Wildman–Crippen LogP) is 3.76. The second-order valence-electron chi connectivity index (χ2n) is 6.76. The molecule has 5 heteroatoms. The van der Waals surface area contributed by atoms with Gasteiger partial charge in [0.05, 0.1) is 6.61 Å². The molecule has 1 amide bonds. The van der Waals surface area contributed by atoms with Crippen LogP contribution in [0.5, 0.6) is 5.75 Å². The maximum Gasteiger partial charge on any atom is 0.303 e. The van der Waals surface area contributed by atoms with Crippen molar-refractivity contribution in [1.29, 1.82) is 0 Å². The van der Waals surface area contributed by atoms with Gasteiger partial charge in [-0.3, -0.25) is 9.59 Å². The molecule has 0 saturated heterocycles. The summed E-state index contributed by atoms with van der Waals surface area (Å²) in [5, 5.41) is 13.8. The van der Waals surface area contributed by atoms with Crippen molar-refractivity contribution in [2.45, 2.75) is 45.1 Å². The predicted molar refractivity (Wildman–Crippen MR) is 97.8 cm³/mol. The van der Waals surface area contributed by atoms with Crippen LogP contribution in [0.25, 0.3) is 10.8 Å². The van der Waals surface area contributed by atoms with Gasteiger partial charge in [-0.2, -0.15) is 0 Å². The Morgan fingerprint density at radius 3 is 2.56 bits per heavy atom. The van der Waals surface area contributed by atoms with Crippen molar-refractivity contribution in [3.63, 3.8) is 0 Å². The van der Waals surface area contributed by atoms with E-state index in [4.69, 9.17) is 9.84 Å². The van der Waals surface area contributed by atoms with Crippen molar-refractivity contribution < 1.29 is 19.4 Å². The number of hydrogen-bond acceptors (Lipinski definition) is 3. The van der Waals surface area contributed by atoms with E-state index in [1.54, 1.807) is 0 Å². The van der Waals surface area contributed by atoms with Gasteiger partial charge in [0.1, 0.15) is 5.75 Å². The van der Waals surface area contributed by atoms with Gasteiger partial charge < -0.3 is 15.2 Å². The smallest absolute Gasteiger partial charge is 0.303 e. The van der Waals surface area contributed by atoms with Crippen molar-refractivity contribution in [3.8, 4) is 5.75 Å². The van der Waals surface area contributed by atoms with Crippen LogP contribution in [-0.4, -0.2) is 29.1 Å². The van der Waals surface area contributed by atoms with Gasteiger partial charge in [-0.1, -0.05) is 36.4 Å². The zero-order valence-electron chi connectivity index (χ0n) is 14.7. The summed E-state index contributed by atoms with van der Waals surface area (Å²) in [4.78, 5) is 22.7. The summed E-state index contributed by atoms with van der Waals surface area (Å²) in [6, 6.07) is 13.9. The number of benzene rings is 2. The fourth-order valence-electron chi connectivity index (χ4n) is 2.66. The molecule has 134 valence electrons. The second-order valence-corrected chi connectivity index (χ2v) is 6.76. The molecule has 0 aliphatic heterocycles. The molecule has 2 rings (SSSR count). The Bertz CT molecular complexity index is 734. The highest BCUT2D eigenvalue weighted by molar-refractivity contribution is 5.88. The lowest BCUT2D eigenvalue weighted by Crippen LogP contribution is -2.43. The molecule has 0 bridgehead atoms. The summed E-state index contributed by atoms with van der Waals surface area (Å²) in [5.41, 5.74) is -0.522. The largest absolute Gasteiger partial charge is 0.493 e. The minimum Gasteiger partial charge on any atom is -0.493 e. The van der Waals surface area contributed by atoms with Crippen LogP contribution in [0.3, 0.4) is 0 Å². The lowest BCUT2D eigenvalue weighted by atomic mass is 9.98. The third-order valence-electron chi connectivity index (χ3n) is 4.00. The Kier molecular flexibility index (Phi) is 6.39. The van der Waals surface area contributed by atoms with E-state index in [9.17, 15) is 9.59 Å². The van der Waals surface area contributed by atoms with Crippen LogP contribution in [0.1, 0.15) is 39.5 Å². The number of carbonyl (C=O) groups excluding carboxylic acids is 1. The van der Waals surface area contributed by atoms with Gasteiger partial charge in [-0.25, -0.2) is 0 Å². The summed E-state index contributed by atoms with van der Waals surface area (Å²) in [7, 11) is 0. The third kappa shape index (κ3) is 6.10. The van der Waals surface area contributed by atoms with Crippen molar-refractivity contribution in [2.24, 2.45) is 0 Å². The highest BCUT2D eigenvalue weighted by atomic mass is 16.5. The Morgan fingerprint density at radius 1 is 1.08 bits per heavy atom. The maximum atomic E-state index is 12.0. The summed E-state index contributed by atoms with van der Waals surface area (Å²) >= 11 is 0. The van der Waals surface area contributed by atoms with Gasteiger partial charge in [-0.05, 0) is 38.1 Å². The molecular weight excluding hydrogens is 318 g/mol. The van der Waals surface area contributed by atoms with Crippen LogP contribution in [0.2, 0.25) is 0 Å². The molecule has 0 atom stereocenters. The van der Waals surface area contributed by atoms with Crippen molar-refractivity contribution in [2.75, 3.05) is 6.61 Å². The Balaban J connectivity index is 1.77. The number of ether oxygens (including phenoxy) is 1. The molecule has 2 N–H and O–H groups in total. The van der Waals surface area contributed by atoms with E-state index >= 15 is 0 Å². The van der Waals surface area contributed by atoms with Gasteiger partial charge in [-0.15, -0.1) is 0 Å². The Hall–Kier alpha value is -2.56. The summed E-state index contributed by atoms with van der Waals surface area (Å²) in [5.74, 6) is -0.122. The molecule has 0 heterocycles. The molecule has 0 spiro atoms. The zero-order valence-corrected chi connectivity index (χ0v) is 14.7. The molecule has 0 aliphatic carbocycles. The highest BCUT2D eigenvalue weighted by Gasteiger charge is 2.21. The van der Waals surface area contributed by atoms with E-state index in [0.717, 1.165) is 16.5 Å². The molecule has 5 nitrogen and oxygen atoms in total. The SMILES string of the molecule is CC(C)(CCC(=O)O)NC(=O)CCCOc1cccc2ccccc12.